The van der Waals surface area contributed by atoms with E-state index in [9.17, 15) is 0 Å². The lowest BCUT2D eigenvalue weighted by atomic mass is 10.0. The molecule has 0 radical (unpaired) electrons. The summed E-state index contributed by atoms with van der Waals surface area (Å²) in [4.78, 5) is 8.77. The van der Waals surface area contributed by atoms with E-state index in [-0.39, 0.29) is 6.04 Å². The fourth-order valence-electron chi connectivity index (χ4n) is 2.01. The third-order valence-corrected chi connectivity index (χ3v) is 3.06. The van der Waals surface area contributed by atoms with Crippen LogP contribution >= 0.6 is 0 Å². The Bertz CT molecular complexity index is 453. The van der Waals surface area contributed by atoms with Crippen molar-refractivity contribution in [2.75, 3.05) is 0 Å². The molecule has 0 spiro atoms. The van der Waals surface area contributed by atoms with Gasteiger partial charge in [0.15, 0.2) is 0 Å². The summed E-state index contributed by atoms with van der Waals surface area (Å²) in [6, 6.07) is 0.202. The number of aliphatic imine (C=N–C) groups is 2. The summed E-state index contributed by atoms with van der Waals surface area (Å²) in [5.41, 5.74) is 2.08. The Morgan fingerprint density at radius 1 is 1.14 bits per heavy atom. The normalized spacial score (nSPS) is 15.0. The first-order chi connectivity index (χ1) is 10.6. The highest BCUT2D eigenvalue weighted by Gasteiger charge is 2.12. The van der Waals surface area contributed by atoms with E-state index in [1.165, 1.54) is 5.57 Å². The van der Waals surface area contributed by atoms with Crippen molar-refractivity contribution in [3.05, 3.63) is 49.0 Å². The minimum atomic E-state index is 0.202. The molecule has 1 unspecified atom stereocenters. The highest BCUT2D eigenvalue weighted by atomic mass is 15.1. The summed E-state index contributed by atoms with van der Waals surface area (Å²) < 4.78 is 0. The van der Waals surface area contributed by atoms with Gasteiger partial charge >= 0.3 is 0 Å². The fraction of sp³-hybridized carbons (Fsp3) is 0.474. The van der Waals surface area contributed by atoms with E-state index in [1.807, 2.05) is 13.1 Å². The molecular weight excluding hydrogens is 270 g/mol. The summed E-state index contributed by atoms with van der Waals surface area (Å²) in [6.45, 7) is 15.8. The zero-order chi connectivity index (χ0) is 16.8. The average molecular weight is 301 g/mol. The molecule has 3 heteroatoms. The van der Waals surface area contributed by atoms with Gasteiger partial charge in [0.25, 0.3) is 0 Å². The first-order valence-electron chi connectivity index (χ1n) is 8.11. The number of hydrogen-bond acceptors (Lipinski definition) is 3. The molecule has 0 heterocycles. The van der Waals surface area contributed by atoms with E-state index >= 15 is 0 Å². The highest BCUT2D eigenvalue weighted by Crippen LogP contribution is 2.12. The van der Waals surface area contributed by atoms with Gasteiger partial charge in [0.05, 0.1) is 6.04 Å². The van der Waals surface area contributed by atoms with Crippen molar-refractivity contribution in [2.45, 2.75) is 59.4 Å². The Morgan fingerprint density at radius 3 is 2.32 bits per heavy atom. The van der Waals surface area contributed by atoms with Crippen LogP contribution in [-0.4, -0.2) is 18.0 Å². The van der Waals surface area contributed by atoms with E-state index in [0.29, 0.717) is 0 Å². The van der Waals surface area contributed by atoms with Crippen LogP contribution in [0.15, 0.2) is 59.0 Å². The standard InChI is InChI=1S/C19H31N3/c1-7-12-17(15-20-11-5)18(13-8-2)22-19(14-9-3)21-16(6)10-4/h10-12,14-15,18,22H,4-5,7-9,13H2,1-3,6H3/b17-12+,19-14+,20-15?,21-16-. The predicted octanol–water partition coefficient (Wildman–Crippen LogP) is 5.19. The Labute approximate surface area is 136 Å². The van der Waals surface area contributed by atoms with Gasteiger partial charge in [0.2, 0.25) is 0 Å². The van der Waals surface area contributed by atoms with E-state index in [4.69, 9.17) is 0 Å². The molecule has 0 aromatic heterocycles. The van der Waals surface area contributed by atoms with Crippen LogP contribution in [0.4, 0.5) is 0 Å². The molecule has 0 aromatic rings. The quantitative estimate of drug-likeness (QED) is 0.524. The number of nitrogens with one attached hydrogen (secondary N) is 1. The molecule has 0 aromatic carbocycles. The zero-order valence-electron chi connectivity index (χ0n) is 14.6. The van der Waals surface area contributed by atoms with E-state index < -0.39 is 0 Å². The maximum absolute atomic E-state index is 4.59. The van der Waals surface area contributed by atoms with Crippen molar-refractivity contribution in [1.82, 2.24) is 5.32 Å². The second-order valence-corrected chi connectivity index (χ2v) is 5.01. The highest BCUT2D eigenvalue weighted by molar-refractivity contribution is 5.92. The van der Waals surface area contributed by atoms with Gasteiger partial charge in [-0.15, -0.1) is 0 Å². The molecule has 0 aliphatic carbocycles. The summed E-state index contributed by atoms with van der Waals surface area (Å²) in [6.07, 6.45) is 13.5. The second-order valence-electron chi connectivity index (χ2n) is 5.01. The molecule has 122 valence electrons. The van der Waals surface area contributed by atoms with Crippen LogP contribution in [0.2, 0.25) is 0 Å². The molecule has 0 fully saturated rings. The largest absolute Gasteiger partial charge is 0.363 e. The van der Waals surface area contributed by atoms with Crippen molar-refractivity contribution < 1.29 is 0 Å². The van der Waals surface area contributed by atoms with Crippen LogP contribution in [0.3, 0.4) is 0 Å². The third kappa shape index (κ3) is 8.40. The van der Waals surface area contributed by atoms with Gasteiger partial charge in [0.1, 0.15) is 5.82 Å². The SMILES string of the molecule is C=CN=C/C(=C\CC)C(CCC)NC(=C/CC)/N=C(/C)C=C. The molecule has 1 atom stereocenters. The molecule has 3 nitrogen and oxygen atoms in total. The van der Waals surface area contributed by atoms with E-state index in [1.54, 1.807) is 12.3 Å². The third-order valence-electron chi connectivity index (χ3n) is 3.06. The first kappa shape index (κ1) is 20.1. The van der Waals surface area contributed by atoms with Crippen LogP contribution in [0.5, 0.6) is 0 Å². The van der Waals surface area contributed by atoms with Gasteiger partial charge in [-0.1, -0.05) is 46.4 Å². The Kier molecular flexibility index (Phi) is 11.7. The molecular formula is C19H31N3. The number of nitrogens with zero attached hydrogens (tertiary/aromatic N) is 2. The molecule has 0 amide bonds. The molecule has 0 saturated carbocycles. The van der Waals surface area contributed by atoms with Crippen molar-refractivity contribution in [3.8, 4) is 0 Å². The van der Waals surface area contributed by atoms with Gasteiger partial charge in [0, 0.05) is 18.1 Å². The van der Waals surface area contributed by atoms with Crippen molar-refractivity contribution in [2.24, 2.45) is 9.98 Å². The van der Waals surface area contributed by atoms with Crippen LogP contribution < -0.4 is 5.32 Å². The predicted molar refractivity (Wildman–Crippen MR) is 101 cm³/mol. The Balaban J connectivity index is 5.40. The Hall–Kier alpha value is -1.90. The molecule has 0 bridgehead atoms. The number of rotatable bonds is 11. The summed E-state index contributed by atoms with van der Waals surface area (Å²) in [5.74, 6) is 0.896. The van der Waals surface area contributed by atoms with Gasteiger partial charge < -0.3 is 5.32 Å². The van der Waals surface area contributed by atoms with E-state index in [0.717, 1.165) is 37.2 Å². The molecule has 0 aliphatic heterocycles. The monoisotopic (exact) mass is 301 g/mol. The van der Waals surface area contributed by atoms with Gasteiger partial charge in [-0.2, -0.15) is 0 Å². The molecule has 0 aliphatic rings. The lowest BCUT2D eigenvalue weighted by Crippen LogP contribution is -2.31. The van der Waals surface area contributed by atoms with Gasteiger partial charge in [-0.3, -0.25) is 4.99 Å². The average Bonchev–Trinajstić information content (AvgIpc) is 2.51. The van der Waals surface area contributed by atoms with Crippen LogP contribution in [0.25, 0.3) is 0 Å². The van der Waals surface area contributed by atoms with Crippen molar-refractivity contribution in [3.63, 3.8) is 0 Å². The topological polar surface area (TPSA) is 36.8 Å². The number of hydrogen-bond donors (Lipinski definition) is 1. The summed E-state index contributed by atoms with van der Waals surface area (Å²) in [7, 11) is 0. The fourth-order valence-corrected chi connectivity index (χ4v) is 2.01. The summed E-state index contributed by atoms with van der Waals surface area (Å²) >= 11 is 0. The van der Waals surface area contributed by atoms with Gasteiger partial charge in [-0.05, 0) is 43.9 Å². The second kappa shape index (κ2) is 12.8. The van der Waals surface area contributed by atoms with Crippen molar-refractivity contribution >= 4 is 11.9 Å². The minimum absolute atomic E-state index is 0.202. The van der Waals surface area contributed by atoms with Gasteiger partial charge in [-0.25, -0.2) is 4.99 Å². The maximum atomic E-state index is 4.59. The zero-order valence-corrected chi connectivity index (χ0v) is 14.6. The molecule has 22 heavy (non-hydrogen) atoms. The smallest absolute Gasteiger partial charge is 0.122 e. The molecule has 1 N–H and O–H groups in total. The Morgan fingerprint density at radius 2 is 1.82 bits per heavy atom. The first-order valence-corrected chi connectivity index (χ1v) is 8.11. The lowest BCUT2D eigenvalue weighted by Gasteiger charge is -2.21. The maximum Gasteiger partial charge on any atom is 0.122 e. The lowest BCUT2D eigenvalue weighted by molar-refractivity contribution is 0.589. The number of allylic oxidation sites excluding steroid dienone is 3. The minimum Gasteiger partial charge on any atom is -0.363 e. The van der Waals surface area contributed by atoms with Crippen LogP contribution in [0, 0.1) is 0 Å². The summed E-state index contributed by atoms with van der Waals surface area (Å²) in [5, 5.41) is 3.55. The van der Waals surface area contributed by atoms with E-state index in [2.05, 4.69) is 61.4 Å². The van der Waals surface area contributed by atoms with Crippen LogP contribution in [0.1, 0.15) is 53.4 Å². The van der Waals surface area contributed by atoms with Crippen molar-refractivity contribution in [1.29, 1.82) is 0 Å². The van der Waals surface area contributed by atoms with Crippen LogP contribution in [-0.2, 0) is 0 Å². The molecule has 0 rings (SSSR count). The molecule has 0 saturated heterocycles.